The lowest BCUT2D eigenvalue weighted by atomic mass is 10.1. The molecule has 1 aromatic carbocycles. The molecule has 0 radical (unpaired) electrons. The Morgan fingerprint density at radius 2 is 1.75 bits per heavy atom. The molecule has 1 heterocycles. The third kappa shape index (κ3) is 4.37. The number of nitrogens with zero attached hydrogens (tertiary/aromatic N) is 6. The van der Waals surface area contributed by atoms with Crippen LogP contribution in [0.2, 0.25) is 0 Å². The summed E-state index contributed by atoms with van der Waals surface area (Å²) in [7, 11) is 1.65. The summed E-state index contributed by atoms with van der Waals surface area (Å²) in [5.74, 6) is -0.129. The second-order valence-corrected chi connectivity index (χ2v) is 5.41. The number of aromatic nitrogens is 4. The van der Waals surface area contributed by atoms with Crippen LogP contribution in [0.15, 0.2) is 30.6 Å². The maximum Gasteiger partial charge on any atom is 0.242 e. The van der Waals surface area contributed by atoms with Crippen LogP contribution in [0.4, 0.5) is 0 Å². The van der Waals surface area contributed by atoms with Crippen LogP contribution >= 0.6 is 0 Å². The minimum Gasteiger partial charge on any atom is -0.342 e. The fourth-order valence-electron chi connectivity index (χ4n) is 2.32. The minimum absolute atomic E-state index is 0.0371. The van der Waals surface area contributed by atoms with Gasteiger partial charge in [0.25, 0.3) is 0 Å². The van der Waals surface area contributed by atoms with Crippen molar-refractivity contribution < 1.29 is 9.59 Å². The normalized spacial score (nSPS) is 10.5. The summed E-state index contributed by atoms with van der Waals surface area (Å²) in [6.07, 6.45) is 1.75. The minimum atomic E-state index is -0.0920. The lowest BCUT2D eigenvalue weighted by Gasteiger charge is -2.23. The molecule has 2 amide bonds. The van der Waals surface area contributed by atoms with Crippen molar-refractivity contribution in [3.63, 3.8) is 0 Å². The molecule has 0 fully saturated rings. The highest BCUT2D eigenvalue weighted by molar-refractivity contribution is 5.85. The molecule has 0 saturated carbocycles. The van der Waals surface area contributed by atoms with Crippen LogP contribution in [0.5, 0.6) is 0 Å². The molecule has 0 saturated heterocycles. The standard InChI is InChI=1S/C16H22N6O2/c1-4-21(5-2)16(24)11-20(3)15(23)10-13-6-8-14(9-7-13)22-12-17-18-19-22/h6-9,12H,4-5,10-11H2,1-3H3. The molecule has 8 nitrogen and oxygen atoms in total. The Balaban J connectivity index is 1.92. The molecule has 0 unspecified atom stereocenters. The van der Waals surface area contributed by atoms with Gasteiger partial charge in [-0.05, 0) is 42.0 Å². The van der Waals surface area contributed by atoms with Crippen molar-refractivity contribution in [2.24, 2.45) is 0 Å². The SMILES string of the molecule is CCN(CC)C(=O)CN(C)C(=O)Cc1ccc(-n2cnnn2)cc1. The predicted molar refractivity (Wildman–Crippen MR) is 88.4 cm³/mol. The molecular formula is C16H22N6O2. The van der Waals surface area contributed by atoms with Crippen LogP contribution in [0.25, 0.3) is 5.69 Å². The van der Waals surface area contributed by atoms with Gasteiger partial charge in [0.15, 0.2) is 0 Å². The van der Waals surface area contributed by atoms with E-state index < -0.39 is 0 Å². The van der Waals surface area contributed by atoms with Crippen LogP contribution in [0, 0.1) is 0 Å². The highest BCUT2D eigenvalue weighted by Gasteiger charge is 2.16. The Bertz CT molecular complexity index is 664. The van der Waals surface area contributed by atoms with Crippen molar-refractivity contribution in [3.8, 4) is 5.69 Å². The Kier molecular flexibility index (Phi) is 6.00. The zero-order valence-corrected chi connectivity index (χ0v) is 14.2. The smallest absolute Gasteiger partial charge is 0.242 e. The van der Waals surface area contributed by atoms with Crippen molar-refractivity contribution in [2.75, 3.05) is 26.7 Å². The molecule has 0 spiro atoms. The lowest BCUT2D eigenvalue weighted by molar-refractivity contribution is -0.138. The molecule has 0 bridgehead atoms. The van der Waals surface area contributed by atoms with Gasteiger partial charge >= 0.3 is 0 Å². The molecule has 128 valence electrons. The average Bonchev–Trinajstić information content (AvgIpc) is 3.11. The highest BCUT2D eigenvalue weighted by Crippen LogP contribution is 2.09. The quantitative estimate of drug-likeness (QED) is 0.739. The molecule has 1 aromatic heterocycles. The largest absolute Gasteiger partial charge is 0.342 e. The number of hydrogen-bond acceptors (Lipinski definition) is 5. The molecule has 24 heavy (non-hydrogen) atoms. The maximum absolute atomic E-state index is 12.3. The van der Waals surface area contributed by atoms with E-state index >= 15 is 0 Å². The van der Waals surface area contributed by atoms with E-state index in [-0.39, 0.29) is 24.8 Å². The Morgan fingerprint density at radius 1 is 1.08 bits per heavy atom. The van der Waals surface area contributed by atoms with Gasteiger partial charge in [-0.25, -0.2) is 4.68 Å². The second-order valence-electron chi connectivity index (χ2n) is 5.41. The highest BCUT2D eigenvalue weighted by atomic mass is 16.2. The van der Waals surface area contributed by atoms with E-state index in [0.29, 0.717) is 13.1 Å². The van der Waals surface area contributed by atoms with E-state index in [0.717, 1.165) is 11.3 Å². The fourth-order valence-corrected chi connectivity index (χ4v) is 2.32. The Hall–Kier alpha value is -2.77. The molecule has 0 aliphatic carbocycles. The van der Waals surface area contributed by atoms with Crippen molar-refractivity contribution >= 4 is 11.8 Å². The van der Waals surface area contributed by atoms with Crippen LogP contribution < -0.4 is 0 Å². The molecular weight excluding hydrogens is 308 g/mol. The van der Waals surface area contributed by atoms with Crippen LogP contribution in [0.1, 0.15) is 19.4 Å². The molecule has 0 N–H and O–H groups in total. The summed E-state index contributed by atoms with van der Waals surface area (Å²) < 4.78 is 1.54. The van der Waals surface area contributed by atoms with Gasteiger partial charge < -0.3 is 9.80 Å². The number of likely N-dealkylation sites (N-methyl/N-ethyl adjacent to an activating group) is 2. The molecule has 8 heteroatoms. The van der Waals surface area contributed by atoms with Gasteiger partial charge in [0, 0.05) is 20.1 Å². The number of benzene rings is 1. The Morgan fingerprint density at radius 3 is 2.29 bits per heavy atom. The first-order valence-electron chi connectivity index (χ1n) is 7.89. The molecule has 0 atom stereocenters. The van der Waals surface area contributed by atoms with Crippen LogP contribution in [-0.2, 0) is 16.0 Å². The average molecular weight is 330 g/mol. The van der Waals surface area contributed by atoms with Crippen LogP contribution in [-0.4, -0.2) is 68.5 Å². The van der Waals surface area contributed by atoms with Crippen molar-refractivity contribution in [3.05, 3.63) is 36.2 Å². The van der Waals surface area contributed by atoms with E-state index in [1.54, 1.807) is 16.6 Å². The summed E-state index contributed by atoms with van der Waals surface area (Å²) >= 11 is 0. The summed E-state index contributed by atoms with van der Waals surface area (Å²) in [6.45, 7) is 5.25. The van der Waals surface area contributed by atoms with E-state index in [2.05, 4.69) is 15.5 Å². The molecule has 0 aliphatic heterocycles. The monoisotopic (exact) mass is 330 g/mol. The first-order chi connectivity index (χ1) is 11.5. The van der Waals surface area contributed by atoms with Crippen LogP contribution in [0.3, 0.4) is 0 Å². The van der Waals surface area contributed by atoms with Gasteiger partial charge in [-0.15, -0.1) is 5.10 Å². The second kappa shape index (κ2) is 8.19. The number of carbonyl (C=O) groups excluding carboxylic acids is 2. The topological polar surface area (TPSA) is 84.2 Å². The summed E-state index contributed by atoms with van der Waals surface area (Å²) in [5, 5.41) is 11.0. The number of carbonyl (C=O) groups is 2. The number of tetrazole rings is 1. The van der Waals surface area contributed by atoms with Gasteiger partial charge in [-0.2, -0.15) is 0 Å². The third-order valence-electron chi connectivity index (χ3n) is 3.82. The fraction of sp³-hybridized carbons (Fsp3) is 0.438. The lowest BCUT2D eigenvalue weighted by Crippen LogP contribution is -2.41. The number of hydrogen-bond donors (Lipinski definition) is 0. The van der Waals surface area contributed by atoms with Crippen molar-refractivity contribution in [2.45, 2.75) is 20.3 Å². The van der Waals surface area contributed by atoms with E-state index in [1.165, 1.54) is 11.2 Å². The molecule has 2 rings (SSSR count). The zero-order chi connectivity index (χ0) is 17.5. The molecule has 0 aliphatic rings. The zero-order valence-electron chi connectivity index (χ0n) is 14.2. The van der Waals surface area contributed by atoms with Gasteiger partial charge in [0.05, 0.1) is 18.7 Å². The van der Waals surface area contributed by atoms with E-state index in [1.807, 2.05) is 38.1 Å². The number of amides is 2. The molecule has 2 aromatic rings. The summed E-state index contributed by atoms with van der Waals surface area (Å²) in [6, 6.07) is 7.41. The van der Waals surface area contributed by atoms with Gasteiger partial charge in [-0.3, -0.25) is 9.59 Å². The van der Waals surface area contributed by atoms with Gasteiger partial charge in [0.1, 0.15) is 6.33 Å². The van der Waals surface area contributed by atoms with E-state index in [9.17, 15) is 9.59 Å². The van der Waals surface area contributed by atoms with Gasteiger partial charge in [-0.1, -0.05) is 12.1 Å². The third-order valence-corrected chi connectivity index (χ3v) is 3.82. The predicted octanol–water partition coefficient (Wildman–Crippen LogP) is 0.532. The summed E-state index contributed by atoms with van der Waals surface area (Å²) in [5.41, 5.74) is 1.69. The van der Waals surface area contributed by atoms with E-state index in [4.69, 9.17) is 0 Å². The van der Waals surface area contributed by atoms with Crippen molar-refractivity contribution in [1.82, 2.24) is 30.0 Å². The Labute approximate surface area is 141 Å². The van der Waals surface area contributed by atoms with Gasteiger partial charge in [0.2, 0.25) is 11.8 Å². The van der Waals surface area contributed by atoms with Crippen molar-refractivity contribution in [1.29, 1.82) is 0 Å². The maximum atomic E-state index is 12.3. The number of rotatable bonds is 7. The first kappa shape index (κ1) is 17.6. The first-order valence-corrected chi connectivity index (χ1v) is 7.89. The summed E-state index contributed by atoms with van der Waals surface area (Å²) in [4.78, 5) is 27.5.